The number of nitrogens with zero attached hydrogens (tertiary/aromatic N) is 6. The van der Waals surface area contributed by atoms with E-state index in [0.29, 0.717) is 25.9 Å². The summed E-state index contributed by atoms with van der Waals surface area (Å²) in [6.45, 7) is 9.19. The topological polar surface area (TPSA) is 85.6 Å². The highest BCUT2D eigenvalue weighted by molar-refractivity contribution is 5.69. The van der Waals surface area contributed by atoms with E-state index in [1.165, 1.54) is 0 Å². The molecule has 0 radical (unpaired) electrons. The van der Waals surface area contributed by atoms with E-state index < -0.39 is 5.60 Å². The lowest BCUT2D eigenvalue weighted by atomic mass is 10.0. The second kappa shape index (κ2) is 7.69. The van der Waals surface area contributed by atoms with Gasteiger partial charge in [0.05, 0.1) is 24.7 Å². The second-order valence-corrected chi connectivity index (χ2v) is 8.22. The molecule has 3 heterocycles. The van der Waals surface area contributed by atoms with Crippen molar-refractivity contribution in [2.75, 3.05) is 38.1 Å². The largest absolute Gasteiger partial charge is 0.444 e. The zero-order valence-corrected chi connectivity index (χ0v) is 16.6. The molecule has 146 valence electrons. The molecular weight excluding hydrogens is 344 g/mol. The minimum absolute atomic E-state index is 0.205. The van der Waals surface area contributed by atoms with Crippen molar-refractivity contribution in [2.45, 2.75) is 51.8 Å². The van der Waals surface area contributed by atoms with Crippen molar-refractivity contribution in [1.29, 1.82) is 5.26 Å². The van der Waals surface area contributed by atoms with E-state index in [2.05, 4.69) is 32.9 Å². The average molecular weight is 372 g/mol. The predicted molar refractivity (Wildman–Crippen MR) is 101 cm³/mol. The third-order valence-electron chi connectivity index (χ3n) is 5.04. The number of anilines is 1. The number of likely N-dealkylation sites (N-methyl/N-ethyl adjacent to an activating group) is 1. The molecule has 1 saturated heterocycles. The van der Waals surface area contributed by atoms with Crippen LogP contribution < -0.4 is 4.90 Å². The summed E-state index contributed by atoms with van der Waals surface area (Å²) in [5, 5.41) is 9.08. The number of fused-ring (bicyclic) bond motifs is 1. The average Bonchev–Trinajstić information content (AvgIpc) is 2.61. The molecule has 0 aliphatic carbocycles. The van der Waals surface area contributed by atoms with Gasteiger partial charge in [0.15, 0.2) is 0 Å². The summed E-state index contributed by atoms with van der Waals surface area (Å²) in [5.41, 5.74) is 1.48. The Hall–Kier alpha value is -2.40. The normalized spacial score (nSPS) is 20.8. The first-order chi connectivity index (χ1) is 12.8. The Morgan fingerprint density at radius 1 is 1.33 bits per heavy atom. The number of nitriles is 1. The van der Waals surface area contributed by atoms with E-state index >= 15 is 0 Å². The monoisotopic (exact) mass is 372 g/mol. The summed E-state index contributed by atoms with van der Waals surface area (Å²) in [6, 6.07) is 2.48. The fourth-order valence-electron chi connectivity index (χ4n) is 3.56. The predicted octanol–water partition coefficient (Wildman–Crippen LogP) is 1.80. The van der Waals surface area contributed by atoms with E-state index in [1.54, 1.807) is 11.2 Å². The molecule has 2 aliphatic heterocycles. The summed E-state index contributed by atoms with van der Waals surface area (Å²) in [5.74, 6) is 0.944. The number of aromatic nitrogens is 2. The van der Waals surface area contributed by atoms with Crippen molar-refractivity contribution in [2.24, 2.45) is 0 Å². The van der Waals surface area contributed by atoms with Crippen LogP contribution in [-0.2, 0) is 17.7 Å². The molecule has 8 heteroatoms. The Morgan fingerprint density at radius 2 is 2.11 bits per heavy atom. The fraction of sp³-hybridized carbons (Fsp3) is 0.684. The Labute approximate surface area is 160 Å². The zero-order chi connectivity index (χ0) is 19.6. The van der Waals surface area contributed by atoms with Crippen LogP contribution in [0.5, 0.6) is 0 Å². The molecule has 2 aliphatic rings. The van der Waals surface area contributed by atoms with Crippen molar-refractivity contribution in [3.63, 3.8) is 0 Å². The summed E-state index contributed by atoms with van der Waals surface area (Å²) in [4.78, 5) is 27.5. The van der Waals surface area contributed by atoms with Crippen LogP contribution in [0.1, 0.15) is 38.4 Å². The molecule has 0 unspecified atom stereocenters. The number of piperazine rings is 1. The molecule has 3 rings (SSSR count). The van der Waals surface area contributed by atoms with Crippen molar-refractivity contribution < 1.29 is 9.53 Å². The van der Waals surface area contributed by atoms with Gasteiger partial charge in [-0.05, 0) is 34.2 Å². The van der Waals surface area contributed by atoms with Gasteiger partial charge < -0.3 is 14.5 Å². The first kappa shape index (κ1) is 19.4. The number of carbonyl (C=O) groups is 1. The second-order valence-electron chi connectivity index (χ2n) is 8.22. The van der Waals surface area contributed by atoms with Gasteiger partial charge in [-0.25, -0.2) is 14.8 Å². The molecule has 8 nitrogen and oxygen atoms in total. The van der Waals surface area contributed by atoms with E-state index in [-0.39, 0.29) is 12.1 Å². The van der Waals surface area contributed by atoms with E-state index in [4.69, 9.17) is 10.00 Å². The number of ether oxygens (including phenoxy) is 1. The minimum Gasteiger partial charge on any atom is -0.444 e. The number of amides is 1. The van der Waals surface area contributed by atoms with Crippen LogP contribution in [0.2, 0.25) is 0 Å². The lowest BCUT2D eigenvalue weighted by molar-refractivity contribution is 0.0220. The van der Waals surface area contributed by atoms with E-state index in [9.17, 15) is 4.79 Å². The lowest BCUT2D eigenvalue weighted by Crippen LogP contribution is -2.52. The third kappa shape index (κ3) is 4.48. The number of hydrogen-bond acceptors (Lipinski definition) is 7. The quantitative estimate of drug-likeness (QED) is 0.782. The Kier molecular flexibility index (Phi) is 5.51. The van der Waals surface area contributed by atoms with Crippen LogP contribution in [0.25, 0.3) is 0 Å². The number of hydrogen-bond donors (Lipinski definition) is 0. The lowest BCUT2D eigenvalue weighted by Gasteiger charge is -2.40. The van der Waals surface area contributed by atoms with Crippen LogP contribution in [0.3, 0.4) is 0 Å². The zero-order valence-electron chi connectivity index (χ0n) is 16.6. The number of carbonyl (C=O) groups excluding carboxylic acids is 1. The molecule has 0 spiro atoms. The fourth-order valence-corrected chi connectivity index (χ4v) is 3.56. The molecular formula is C19H28N6O2. The first-order valence-electron chi connectivity index (χ1n) is 9.41. The number of rotatable bonds is 2. The third-order valence-corrected chi connectivity index (χ3v) is 5.04. The van der Waals surface area contributed by atoms with Gasteiger partial charge in [-0.15, -0.1) is 0 Å². The summed E-state index contributed by atoms with van der Waals surface area (Å²) < 4.78 is 5.49. The molecule has 0 saturated carbocycles. The van der Waals surface area contributed by atoms with Gasteiger partial charge in [0.2, 0.25) is 0 Å². The van der Waals surface area contributed by atoms with Crippen molar-refractivity contribution in [1.82, 2.24) is 19.8 Å². The van der Waals surface area contributed by atoms with Gasteiger partial charge in [-0.1, -0.05) is 0 Å². The first-order valence-corrected chi connectivity index (χ1v) is 9.41. The molecule has 1 aromatic rings. The minimum atomic E-state index is -0.510. The van der Waals surface area contributed by atoms with E-state index in [1.807, 2.05) is 20.8 Å². The van der Waals surface area contributed by atoms with Gasteiger partial charge in [0, 0.05) is 37.8 Å². The van der Waals surface area contributed by atoms with Crippen LogP contribution in [0, 0.1) is 11.3 Å². The van der Waals surface area contributed by atoms with Gasteiger partial charge in [-0.2, -0.15) is 5.26 Å². The highest BCUT2D eigenvalue weighted by atomic mass is 16.6. The maximum absolute atomic E-state index is 12.4. The van der Waals surface area contributed by atoms with Gasteiger partial charge in [0.25, 0.3) is 0 Å². The molecule has 1 aromatic heterocycles. The molecule has 1 atom stereocenters. The SMILES string of the molecule is CN1CCN(c2ncnc3c2CCN(C(=O)OC(C)(C)C)C3)C[C@@H]1CC#N. The molecule has 0 aromatic carbocycles. The maximum Gasteiger partial charge on any atom is 0.410 e. The van der Waals surface area contributed by atoms with Crippen molar-refractivity contribution in [3.05, 3.63) is 17.6 Å². The van der Waals surface area contributed by atoms with Gasteiger partial charge >= 0.3 is 6.09 Å². The summed E-state index contributed by atoms with van der Waals surface area (Å²) >= 11 is 0. The highest BCUT2D eigenvalue weighted by Crippen LogP contribution is 2.28. The standard InChI is InChI=1S/C19H28N6O2/c1-19(2,3)27-18(26)25-8-6-15-16(12-25)21-13-22-17(15)24-10-9-23(4)14(11-24)5-7-20/h13-14H,5-6,8-12H2,1-4H3/t14-/m0/s1. The summed E-state index contributed by atoms with van der Waals surface area (Å²) in [7, 11) is 2.06. The van der Waals surface area contributed by atoms with Gasteiger partial charge in [-0.3, -0.25) is 4.90 Å². The molecule has 27 heavy (non-hydrogen) atoms. The molecule has 1 fully saturated rings. The Balaban J connectivity index is 1.76. The molecule has 0 bridgehead atoms. The Bertz CT molecular complexity index is 739. The van der Waals surface area contributed by atoms with E-state index in [0.717, 1.165) is 36.7 Å². The molecule has 1 amide bonds. The highest BCUT2D eigenvalue weighted by Gasteiger charge is 2.31. The Morgan fingerprint density at radius 3 is 2.81 bits per heavy atom. The van der Waals surface area contributed by atoms with Crippen molar-refractivity contribution in [3.8, 4) is 6.07 Å². The smallest absolute Gasteiger partial charge is 0.410 e. The summed E-state index contributed by atoms with van der Waals surface area (Å²) in [6.07, 6.45) is 2.49. The maximum atomic E-state index is 12.4. The van der Waals surface area contributed by atoms with Crippen LogP contribution in [-0.4, -0.2) is 70.7 Å². The van der Waals surface area contributed by atoms with Crippen molar-refractivity contribution >= 4 is 11.9 Å². The van der Waals surface area contributed by atoms with Crippen LogP contribution in [0.15, 0.2) is 6.33 Å². The van der Waals surface area contributed by atoms with Crippen LogP contribution in [0.4, 0.5) is 10.6 Å². The van der Waals surface area contributed by atoms with Gasteiger partial charge in [0.1, 0.15) is 17.7 Å². The van der Waals surface area contributed by atoms with Crippen LogP contribution >= 0.6 is 0 Å². The molecule has 0 N–H and O–H groups in total.